The molecule has 13 nitrogen and oxygen atoms in total. The van der Waals surface area contributed by atoms with Crippen molar-refractivity contribution in [1.29, 1.82) is 0 Å². The van der Waals surface area contributed by atoms with Crippen LogP contribution in [-0.4, -0.2) is 84.7 Å². The molecule has 0 spiro atoms. The molecule has 5 atom stereocenters. The molecule has 3 N–H and O–H groups in total. The van der Waals surface area contributed by atoms with Crippen LogP contribution in [0.25, 0.3) is 10.8 Å². The number of cyclic esters (lactones) is 1. The average Bonchev–Trinajstić information content (AvgIpc) is 3.63. The van der Waals surface area contributed by atoms with Crippen LogP contribution < -0.4 is 20.1 Å². The van der Waals surface area contributed by atoms with Gasteiger partial charge < -0.3 is 25.0 Å². The maximum atomic E-state index is 14.2. The number of aromatic nitrogens is 1. The number of benzene rings is 1. The number of sulfonamides is 1. The Hall–Kier alpha value is -4.20. The van der Waals surface area contributed by atoms with Crippen molar-refractivity contribution >= 4 is 44.6 Å². The predicted octanol–water partition coefficient (Wildman–Crippen LogP) is 3.12. The van der Waals surface area contributed by atoms with Crippen molar-refractivity contribution in [2.45, 2.75) is 95.4 Å². The maximum absolute atomic E-state index is 14.2. The second-order valence-corrected chi connectivity index (χ2v) is 14.8. The molecule has 0 unspecified atom stereocenters. The summed E-state index contributed by atoms with van der Waals surface area (Å²) in [5.74, 6) is -2.42. The topological polar surface area (TPSA) is 173 Å². The molecule has 48 heavy (non-hydrogen) atoms. The van der Waals surface area contributed by atoms with Gasteiger partial charge in [0.25, 0.3) is 5.91 Å². The molecule has 4 amide bonds. The molecule has 2 fully saturated rings. The van der Waals surface area contributed by atoms with Crippen molar-refractivity contribution < 1.29 is 37.1 Å². The van der Waals surface area contributed by atoms with Crippen LogP contribution in [0.5, 0.6) is 5.88 Å². The first-order chi connectivity index (χ1) is 23.0. The number of unbranched alkanes of at least 4 members (excludes halogenated alkanes) is 1. The lowest BCUT2D eigenvalue weighted by molar-refractivity contribution is -0.141. The minimum atomic E-state index is -3.90. The Labute approximate surface area is 281 Å². The number of carbonyl (C=O) groups excluding carboxylic acids is 4. The highest BCUT2D eigenvalue weighted by atomic mass is 32.2. The molecule has 1 saturated heterocycles. The number of alkyl carbamates (subject to hydrolysis) is 1. The van der Waals surface area contributed by atoms with E-state index in [-0.39, 0.29) is 31.7 Å². The van der Waals surface area contributed by atoms with Gasteiger partial charge in [-0.2, -0.15) is 0 Å². The molecular formula is C34H45N5O8S. The number of hydrogen-bond donors (Lipinski definition) is 3. The van der Waals surface area contributed by atoms with Crippen LogP contribution in [-0.2, 0) is 35.6 Å². The van der Waals surface area contributed by atoms with Crippen molar-refractivity contribution in [1.82, 2.24) is 25.2 Å². The highest BCUT2D eigenvalue weighted by molar-refractivity contribution is 7.90. The van der Waals surface area contributed by atoms with E-state index >= 15 is 0 Å². The van der Waals surface area contributed by atoms with Gasteiger partial charge in [-0.3, -0.25) is 19.1 Å². The lowest BCUT2D eigenvalue weighted by Crippen LogP contribution is -2.58. The molecule has 3 heterocycles. The maximum Gasteiger partial charge on any atom is 0.407 e. The van der Waals surface area contributed by atoms with E-state index in [1.54, 1.807) is 6.20 Å². The third-order valence-corrected chi connectivity index (χ3v) is 10.6. The molecule has 1 aromatic heterocycles. The molecule has 5 rings (SSSR count). The highest BCUT2D eigenvalue weighted by Crippen LogP contribution is 2.45. The molecule has 2 aliphatic heterocycles. The number of nitrogens with zero attached hydrogens (tertiary/aromatic N) is 2. The zero-order valence-corrected chi connectivity index (χ0v) is 28.4. The van der Waals surface area contributed by atoms with Crippen molar-refractivity contribution in [3.8, 4) is 5.88 Å². The van der Waals surface area contributed by atoms with Gasteiger partial charge >= 0.3 is 6.09 Å². The number of nitrogens with one attached hydrogen (secondary N) is 3. The van der Waals surface area contributed by atoms with Gasteiger partial charge in [0.2, 0.25) is 27.7 Å². The monoisotopic (exact) mass is 683 g/mol. The summed E-state index contributed by atoms with van der Waals surface area (Å²) in [6.45, 7) is 7.34. The number of carbonyl (C=O) groups is 4. The predicted molar refractivity (Wildman–Crippen MR) is 178 cm³/mol. The first-order valence-corrected chi connectivity index (χ1v) is 18.4. The van der Waals surface area contributed by atoms with Crippen LogP contribution in [0.2, 0.25) is 0 Å². The number of hydrogen-bond acceptors (Lipinski definition) is 9. The van der Waals surface area contributed by atoms with Gasteiger partial charge in [0.15, 0.2) is 0 Å². The Morgan fingerprint density at radius 3 is 2.73 bits per heavy atom. The van der Waals surface area contributed by atoms with Crippen LogP contribution in [0.3, 0.4) is 0 Å². The summed E-state index contributed by atoms with van der Waals surface area (Å²) < 4.78 is 38.4. The Bertz CT molecular complexity index is 1670. The fourth-order valence-electron chi connectivity index (χ4n) is 6.44. The molecule has 1 saturated carbocycles. The van der Waals surface area contributed by atoms with Gasteiger partial charge in [-0.05, 0) is 68.5 Å². The third-order valence-electron chi connectivity index (χ3n) is 9.38. The summed E-state index contributed by atoms with van der Waals surface area (Å²) in [5.41, 5.74) is -0.424. The van der Waals surface area contributed by atoms with Crippen molar-refractivity contribution in [3.05, 3.63) is 48.7 Å². The Morgan fingerprint density at radius 1 is 1.19 bits per heavy atom. The molecule has 3 aliphatic rings. The number of aryl methyl sites for hydroxylation is 1. The van der Waals surface area contributed by atoms with E-state index in [1.807, 2.05) is 25.1 Å². The third kappa shape index (κ3) is 7.91. The Balaban J connectivity index is 1.47. The number of fused-ring (bicyclic) bond motifs is 3. The molecule has 1 aliphatic carbocycles. The van der Waals surface area contributed by atoms with Crippen molar-refractivity contribution in [3.63, 3.8) is 0 Å². The minimum Gasteiger partial charge on any atom is -0.472 e. The lowest BCUT2D eigenvalue weighted by Gasteiger charge is -2.29. The first kappa shape index (κ1) is 35.1. The zero-order chi connectivity index (χ0) is 34.5. The number of ether oxygens (including phenoxy) is 2. The SMILES string of the molecule is C=C[C@@H]1C[C@]1(NC(=O)[C@@H]1C[C@@H]2CN1C(=O)[C@H](CCCC)NC(=O)OCCCCCc1ccc3ccnc(c3c1)O2)C(=O)NS(=O)(=O)CC. The lowest BCUT2D eigenvalue weighted by atomic mass is 10.0. The molecule has 14 heteroatoms. The molecular weight excluding hydrogens is 638 g/mol. The van der Waals surface area contributed by atoms with Crippen LogP contribution in [0.15, 0.2) is 43.1 Å². The number of amides is 4. The largest absolute Gasteiger partial charge is 0.472 e. The molecule has 0 radical (unpaired) electrons. The normalized spacial score (nSPS) is 26.4. The summed E-state index contributed by atoms with van der Waals surface area (Å²) in [5, 5.41) is 7.24. The second-order valence-electron chi connectivity index (χ2n) is 12.8. The van der Waals surface area contributed by atoms with Gasteiger partial charge in [0, 0.05) is 23.9 Å². The molecule has 4 bridgehead atoms. The van der Waals surface area contributed by atoms with E-state index in [9.17, 15) is 27.6 Å². The quantitative estimate of drug-likeness (QED) is 0.336. The van der Waals surface area contributed by atoms with Crippen LogP contribution in [0.4, 0.5) is 4.79 Å². The standard InChI is InChI=1S/C34H45N5O8S/c1-4-7-12-27-31(41)39-21-25(19-28(39)29(40)37-34(20-24(34)5-2)32(42)38-48(44,45)6-3)47-30-26-18-22(13-14-23(26)15-16-35-30)11-9-8-10-17-46-33(43)36-27/h5,13-16,18,24-25,27-28H,2,4,6-12,17,19-21H2,1,3H3,(H,36,43)(H,37,40)(H,38,42)/t24-,25-,27+,28+,34-/m1/s1. The van der Waals surface area contributed by atoms with E-state index in [2.05, 4.69) is 33.0 Å². The summed E-state index contributed by atoms with van der Waals surface area (Å²) >= 11 is 0. The van der Waals surface area contributed by atoms with Gasteiger partial charge in [-0.25, -0.2) is 18.2 Å². The Kier molecular flexibility index (Phi) is 10.9. The molecule has 2 aromatic rings. The first-order valence-electron chi connectivity index (χ1n) is 16.8. The van der Waals surface area contributed by atoms with Gasteiger partial charge in [-0.1, -0.05) is 38.0 Å². The highest BCUT2D eigenvalue weighted by Gasteiger charge is 2.61. The van der Waals surface area contributed by atoms with E-state index in [0.717, 1.165) is 42.0 Å². The molecule has 260 valence electrons. The average molecular weight is 684 g/mol. The van der Waals surface area contributed by atoms with Gasteiger partial charge in [-0.15, -0.1) is 6.58 Å². The minimum absolute atomic E-state index is 0.0162. The molecule has 1 aromatic carbocycles. The van der Waals surface area contributed by atoms with E-state index in [0.29, 0.717) is 25.1 Å². The van der Waals surface area contributed by atoms with Crippen molar-refractivity contribution in [2.24, 2.45) is 5.92 Å². The summed E-state index contributed by atoms with van der Waals surface area (Å²) in [4.78, 5) is 60.2. The van der Waals surface area contributed by atoms with E-state index in [4.69, 9.17) is 9.47 Å². The van der Waals surface area contributed by atoms with Crippen LogP contribution in [0.1, 0.15) is 70.8 Å². The number of pyridine rings is 1. The van der Waals surface area contributed by atoms with Crippen LogP contribution >= 0.6 is 0 Å². The number of rotatable bonds is 9. The fraction of sp³-hybridized carbons (Fsp3) is 0.559. The summed E-state index contributed by atoms with van der Waals surface area (Å²) in [6.07, 6.45) is 6.99. The fourth-order valence-corrected chi connectivity index (χ4v) is 7.04. The zero-order valence-electron chi connectivity index (χ0n) is 27.5. The van der Waals surface area contributed by atoms with Crippen molar-refractivity contribution in [2.75, 3.05) is 18.9 Å². The van der Waals surface area contributed by atoms with E-state index in [1.165, 1.54) is 17.9 Å². The summed E-state index contributed by atoms with van der Waals surface area (Å²) in [6, 6.07) is 5.97. The van der Waals surface area contributed by atoms with E-state index < -0.39 is 63.5 Å². The van der Waals surface area contributed by atoms with Crippen LogP contribution in [0, 0.1) is 5.92 Å². The van der Waals surface area contributed by atoms with Gasteiger partial charge in [0.05, 0.1) is 18.9 Å². The summed E-state index contributed by atoms with van der Waals surface area (Å²) in [7, 11) is -3.90. The second kappa shape index (κ2) is 14.9. The Morgan fingerprint density at radius 2 is 2.00 bits per heavy atom. The smallest absolute Gasteiger partial charge is 0.407 e. The van der Waals surface area contributed by atoms with Gasteiger partial charge in [0.1, 0.15) is 23.7 Å².